The molecule has 0 atom stereocenters. The molecular weight excluding hydrogens is 488 g/mol. The van der Waals surface area contributed by atoms with Crippen molar-refractivity contribution in [2.75, 3.05) is 67.8 Å². The van der Waals surface area contributed by atoms with Crippen LogP contribution in [0.25, 0.3) is 16.9 Å². The van der Waals surface area contributed by atoms with E-state index in [1.807, 2.05) is 22.8 Å². The smallest absolute Gasteiger partial charge is 0.229 e. The lowest BCUT2D eigenvalue weighted by atomic mass is 10.2. The summed E-state index contributed by atoms with van der Waals surface area (Å²) in [4.78, 5) is 18.8. The average molecular weight is 523 g/mol. The largest absolute Gasteiger partial charge is 0.378 e. The number of nitrogens with one attached hydrogen (secondary N) is 2. The van der Waals surface area contributed by atoms with Gasteiger partial charge in [0.25, 0.3) is 0 Å². The highest BCUT2D eigenvalue weighted by atomic mass is 32.3. The molecule has 4 heterocycles. The number of hydrogen-bond donors (Lipinski definition) is 3. The summed E-state index contributed by atoms with van der Waals surface area (Å²) >= 11 is 0. The van der Waals surface area contributed by atoms with Crippen molar-refractivity contribution in [1.82, 2.24) is 24.4 Å². The third-order valence-electron chi connectivity index (χ3n) is 6.25. The Hall–Kier alpha value is -3.54. The maximum atomic E-state index is 12.3. The van der Waals surface area contributed by atoms with Gasteiger partial charge < -0.3 is 24.6 Å². The van der Waals surface area contributed by atoms with Gasteiger partial charge >= 0.3 is 0 Å². The van der Waals surface area contributed by atoms with Crippen LogP contribution in [0.2, 0.25) is 0 Å². The first-order valence-corrected chi connectivity index (χ1v) is 14.9. The van der Waals surface area contributed by atoms with E-state index in [4.69, 9.17) is 14.7 Å². The lowest BCUT2D eigenvalue weighted by Crippen LogP contribution is -2.44. The molecule has 1 aliphatic rings. The summed E-state index contributed by atoms with van der Waals surface area (Å²) in [5, 5.41) is 4.21. The second kappa shape index (κ2) is 10.4. The highest BCUT2D eigenvalue weighted by Gasteiger charge is 2.16. The first-order valence-electron chi connectivity index (χ1n) is 12.3. The SMILES string of the molecule is COCc1cc2cnc(Nc3ccc(N4CCN(C)CC4)cc3)nc2n1-c1cccc(N[SH](C)(C)=O)n1. The molecule has 11 heteroatoms. The van der Waals surface area contributed by atoms with Crippen molar-refractivity contribution in [2.45, 2.75) is 6.61 Å². The predicted molar refractivity (Wildman–Crippen MR) is 152 cm³/mol. The van der Waals surface area contributed by atoms with Crippen molar-refractivity contribution < 1.29 is 8.95 Å². The molecule has 5 rings (SSSR count). The molecule has 10 nitrogen and oxygen atoms in total. The number of rotatable bonds is 8. The molecule has 0 radical (unpaired) electrons. The topological polar surface area (TPSA) is 100 Å². The normalized spacial score (nSPS) is 15.2. The third-order valence-corrected chi connectivity index (χ3v) is 7.02. The number of anilines is 4. The molecule has 2 N–H and O–H groups in total. The van der Waals surface area contributed by atoms with Crippen LogP contribution in [0.5, 0.6) is 0 Å². The van der Waals surface area contributed by atoms with Gasteiger partial charge in [-0.1, -0.05) is 6.07 Å². The van der Waals surface area contributed by atoms with E-state index < -0.39 is 10.1 Å². The van der Waals surface area contributed by atoms with Crippen molar-refractivity contribution in [3.63, 3.8) is 0 Å². The summed E-state index contributed by atoms with van der Waals surface area (Å²) in [5.41, 5.74) is 3.73. The van der Waals surface area contributed by atoms with Crippen LogP contribution in [0.3, 0.4) is 0 Å². The zero-order chi connectivity index (χ0) is 26.0. The molecule has 0 unspecified atom stereocenters. The summed E-state index contributed by atoms with van der Waals surface area (Å²) in [5.74, 6) is 1.69. The number of hydrogen-bond acceptors (Lipinski definition) is 8. The van der Waals surface area contributed by atoms with Gasteiger partial charge in [-0.2, -0.15) is 4.98 Å². The highest BCUT2D eigenvalue weighted by Crippen LogP contribution is 2.26. The molecule has 0 saturated carbocycles. The minimum Gasteiger partial charge on any atom is -0.378 e. The van der Waals surface area contributed by atoms with Gasteiger partial charge in [0.1, 0.15) is 11.6 Å². The number of ether oxygens (including phenoxy) is 1. The highest BCUT2D eigenvalue weighted by molar-refractivity contribution is 8.02. The lowest BCUT2D eigenvalue weighted by Gasteiger charge is -2.34. The van der Waals surface area contributed by atoms with Crippen LogP contribution in [0.15, 0.2) is 54.7 Å². The van der Waals surface area contributed by atoms with Gasteiger partial charge in [-0.05, 0) is 59.6 Å². The third kappa shape index (κ3) is 5.90. The molecule has 37 heavy (non-hydrogen) atoms. The number of thiol groups is 1. The van der Waals surface area contributed by atoms with Gasteiger partial charge in [-0.3, -0.25) is 8.78 Å². The Kier molecular flexibility index (Phi) is 7.09. The van der Waals surface area contributed by atoms with Crippen LogP contribution in [0.1, 0.15) is 5.69 Å². The summed E-state index contributed by atoms with van der Waals surface area (Å²) < 4.78 is 22.7. The molecule has 196 valence electrons. The number of likely N-dealkylation sites (N-methyl/N-ethyl adjacent to an activating group) is 1. The van der Waals surface area contributed by atoms with Crippen LogP contribution in [0, 0.1) is 0 Å². The van der Waals surface area contributed by atoms with Crippen molar-refractivity contribution in [3.8, 4) is 5.82 Å². The van der Waals surface area contributed by atoms with E-state index in [1.165, 1.54) is 5.69 Å². The predicted octanol–water partition coefficient (Wildman–Crippen LogP) is 3.06. The fourth-order valence-electron chi connectivity index (χ4n) is 4.45. The summed E-state index contributed by atoms with van der Waals surface area (Å²) in [7, 11) is 1.31. The molecule has 0 amide bonds. The van der Waals surface area contributed by atoms with Gasteiger partial charge in [0.2, 0.25) is 5.95 Å². The van der Waals surface area contributed by atoms with E-state index in [9.17, 15) is 4.21 Å². The van der Waals surface area contributed by atoms with Crippen LogP contribution >= 0.6 is 0 Å². The fourth-order valence-corrected chi connectivity index (χ4v) is 5.12. The van der Waals surface area contributed by atoms with E-state index in [2.05, 4.69) is 56.1 Å². The molecule has 0 spiro atoms. The van der Waals surface area contributed by atoms with Crippen molar-refractivity contribution in [2.24, 2.45) is 0 Å². The fraction of sp³-hybridized carbons (Fsp3) is 0.346. The second-order valence-electron chi connectivity index (χ2n) is 9.68. The number of nitrogens with zero attached hydrogens (tertiary/aromatic N) is 6. The van der Waals surface area contributed by atoms with Gasteiger partial charge in [0, 0.05) is 68.8 Å². The van der Waals surface area contributed by atoms with Crippen molar-refractivity contribution >= 4 is 44.3 Å². The van der Waals surface area contributed by atoms with E-state index in [0.717, 1.165) is 42.9 Å². The summed E-state index contributed by atoms with van der Waals surface area (Å²) in [6.07, 6.45) is 5.14. The molecule has 4 aromatic rings. The van der Waals surface area contributed by atoms with Crippen LogP contribution in [-0.2, 0) is 21.5 Å². The van der Waals surface area contributed by atoms with Crippen LogP contribution in [-0.4, -0.2) is 81.5 Å². The maximum Gasteiger partial charge on any atom is 0.229 e. The number of piperazine rings is 1. The van der Waals surface area contributed by atoms with E-state index >= 15 is 0 Å². The Labute approximate surface area is 218 Å². The van der Waals surface area contributed by atoms with Gasteiger partial charge in [0.15, 0.2) is 5.65 Å². The molecule has 3 aromatic heterocycles. The summed E-state index contributed by atoms with van der Waals surface area (Å²) in [6, 6.07) is 16.0. The molecule has 1 aromatic carbocycles. The first-order chi connectivity index (χ1) is 17.8. The number of benzene rings is 1. The van der Waals surface area contributed by atoms with Gasteiger partial charge in [0.05, 0.1) is 12.3 Å². The Morgan fingerprint density at radius 2 is 1.78 bits per heavy atom. The van der Waals surface area contributed by atoms with Crippen LogP contribution in [0.4, 0.5) is 23.1 Å². The molecule has 1 fully saturated rings. The average Bonchev–Trinajstić information content (AvgIpc) is 3.22. The van der Waals surface area contributed by atoms with Crippen LogP contribution < -0.4 is 14.9 Å². The lowest BCUT2D eigenvalue weighted by molar-refractivity contribution is 0.180. The number of fused-ring (bicyclic) bond motifs is 1. The van der Waals surface area contributed by atoms with E-state index in [1.54, 1.807) is 31.9 Å². The molecule has 1 saturated heterocycles. The minimum atomic E-state index is -2.51. The molecular formula is C26H34N8O2S. The zero-order valence-corrected chi connectivity index (χ0v) is 22.6. The number of pyridine rings is 1. The van der Waals surface area contributed by atoms with E-state index in [0.29, 0.717) is 29.8 Å². The molecule has 1 aliphatic heterocycles. The van der Waals surface area contributed by atoms with Crippen molar-refractivity contribution in [1.29, 1.82) is 0 Å². The van der Waals surface area contributed by atoms with Gasteiger partial charge in [-0.25, -0.2) is 9.97 Å². The maximum absolute atomic E-state index is 12.3. The summed E-state index contributed by atoms with van der Waals surface area (Å²) in [6.45, 7) is 4.59. The molecule has 0 bridgehead atoms. The Balaban J connectivity index is 1.44. The van der Waals surface area contributed by atoms with Crippen molar-refractivity contribution in [3.05, 3.63) is 60.4 Å². The monoisotopic (exact) mass is 522 g/mol. The van der Waals surface area contributed by atoms with E-state index in [-0.39, 0.29) is 0 Å². The Bertz CT molecular complexity index is 1420. The Morgan fingerprint density at radius 1 is 1.03 bits per heavy atom. The first kappa shape index (κ1) is 25.1. The standard InChI is InChI=1S/C26H34N8O2S/c1-32-12-14-33(15-13-32)21-10-8-20(9-11-21)28-26-27-17-19-16-22(18-36-2)34(25(19)30-26)24-7-5-6-23(29-24)31-37(3,4)35/h5-11,16-17,37H,12-15,18H2,1-4H3,(H,27,28,30)(H,29,31,35). The molecule has 0 aliphatic carbocycles. The quantitative estimate of drug-likeness (QED) is 0.304. The minimum absolute atomic E-state index is 0.381. The Morgan fingerprint density at radius 3 is 2.49 bits per heavy atom. The van der Waals surface area contributed by atoms with Gasteiger partial charge in [-0.15, -0.1) is 0 Å². The number of methoxy groups -OCH3 is 1. The zero-order valence-electron chi connectivity index (χ0n) is 21.7. The second-order valence-corrected chi connectivity index (χ2v) is 12.6. The number of aromatic nitrogens is 4.